The Morgan fingerprint density at radius 2 is 2.00 bits per heavy atom. The molecule has 2 rings (SSSR count). The van der Waals surface area contributed by atoms with Crippen molar-refractivity contribution in [1.29, 1.82) is 0 Å². The number of thioether (sulfide) groups is 1. The molecule has 1 atom stereocenters. The third kappa shape index (κ3) is 3.75. The predicted octanol–water partition coefficient (Wildman–Crippen LogP) is 4.25. The van der Waals surface area contributed by atoms with Gasteiger partial charge >= 0.3 is 0 Å². The highest BCUT2D eigenvalue weighted by Crippen LogP contribution is 2.32. The molecular formula is C15H23NS. The van der Waals surface area contributed by atoms with Gasteiger partial charge < -0.3 is 5.32 Å². The summed E-state index contributed by atoms with van der Waals surface area (Å²) in [4.78, 5) is 1.42. The quantitative estimate of drug-likeness (QED) is 0.756. The summed E-state index contributed by atoms with van der Waals surface area (Å²) in [6.07, 6.45) is 4.34. The lowest BCUT2D eigenvalue weighted by atomic mass is 9.87. The van der Waals surface area contributed by atoms with Gasteiger partial charge in [0.05, 0.1) is 0 Å². The highest BCUT2D eigenvalue weighted by molar-refractivity contribution is 7.99. The summed E-state index contributed by atoms with van der Waals surface area (Å²) in [5.41, 5.74) is 1.39. The number of rotatable bonds is 6. The molecule has 0 aliphatic heterocycles. The Kier molecular flexibility index (Phi) is 4.93. The van der Waals surface area contributed by atoms with Crippen LogP contribution in [-0.4, -0.2) is 12.3 Å². The summed E-state index contributed by atoms with van der Waals surface area (Å²) in [6.45, 7) is 5.40. The van der Waals surface area contributed by atoms with Crippen LogP contribution in [0.15, 0.2) is 29.2 Å². The first-order chi connectivity index (χ1) is 8.29. The van der Waals surface area contributed by atoms with Crippen molar-refractivity contribution in [3.05, 3.63) is 29.8 Å². The van der Waals surface area contributed by atoms with E-state index in [4.69, 9.17) is 0 Å². The van der Waals surface area contributed by atoms with E-state index in [1.54, 1.807) is 0 Å². The van der Waals surface area contributed by atoms with Gasteiger partial charge in [0.2, 0.25) is 0 Å². The Balaban J connectivity index is 1.83. The van der Waals surface area contributed by atoms with Gasteiger partial charge in [-0.05, 0) is 49.9 Å². The fourth-order valence-corrected chi connectivity index (χ4v) is 3.24. The van der Waals surface area contributed by atoms with Gasteiger partial charge in [-0.1, -0.05) is 25.5 Å². The highest BCUT2D eigenvalue weighted by Gasteiger charge is 2.17. The molecule has 0 spiro atoms. The Bertz CT molecular complexity index is 329. The fourth-order valence-electron chi connectivity index (χ4n) is 2.15. The van der Waals surface area contributed by atoms with E-state index in [1.807, 2.05) is 11.8 Å². The van der Waals surface area contributed by atoms with Crippen molar-refractivity contribution >= 4 is 11.8 Å². The lowest BCUT2D eigenvalue weighted by Gasteiger charge is -2.24. The minimum absolute atomic E-state index is 0.464. The molecule has 1 aliphatic carbocycles. The average molecular weight is 249 g/mol. The Labute approximate surface area is 109 Å². The van der Waals surface area contributed by atoms with Crippen LogP contribution in [0.4, 0.5) is 0 Å². The van der Waals surface area contributed by atoms with Crippen LogP contribution < -0.4 is 5.32 Å². The maximum absolute atomic E-state index is 3.44. The third-order valence-corrected chi connectivity index (χ3v) is 4.84. The lowest BCUT2D eigenvalue weighted by molar-refractivity contribution is 0.353. The predicted molar refractivity (Wildman–Crippen MR) is 76.6 cm³/mol. The lowest BCUT2D eigenvalue weighted by Crippen LogP contribution is -2.17. The summed E-state index contributed by atoms with van der Waals surface area (Å²) in [6, 6.07) is 9.52. The zero-order valence-corrected chi connectivity index (χ0v) is 11.7. The van der Waals surface area contributed by atoms with Crippen molar-refractivity contribution in [2.45, 2.75) is 44.0 Å². The van der Waals surface area contributed by atoms with Gasteiger partial charge in [0.25, 0.3) is 0 Å². The minimum Gasteiger partial charge on any atom is -0.310 e. The molecule has 1 unspecified atom stereocenters. The van der Waals surface area contributed by atoms with Gasteiger partial charge in [-0.25, -0.2) is 0 Å². The first-order valence-corrected chi connectivity index (χ1v) is 7.74. The van der Waals surface area contributed by atoms with Crippen LogP contribution in [0.2, 0.25) is 0 Å². The largest absolute Gasteiger partial charge is 0.310 e. The molecule has 2 heteroatoms. The minimum atomic E-state index is 0.464. The zero-order chi connectivity index (χ0) is 12.1. The molecule has 0 saturated heterocycles. The van der Waals surface area contributed by atoms with E-state index >= 15 is 0 Å². The first-order valence-electron chi connectivity index (χ1n) is 6.75. The van der Waals surface area contributed by atoms with Gasteiger partial charge in [-0.15, -0.1) is 11.8 Å². The van der Waals surface area contributed by atoms with Gasteiger partial charge in [0.15, 0.2) is 0 Å². The Morgan fingerprint density at radius 3 is 2.53 bits per heavy atom. The molecule has 0 bridgehead atoms. The summed E-state index contributed by atoms with van der Waals surface area (Å²) >= 11 is 2.02. The van der Waals surface area contributed by atoms with Gasteiger partial charge in [0.1, 0.15) is 0 Å². The van der Waals surface area contributed by atoms with Crippen molar-refractivity contribution < 1.29 is 0 Å². The van der Waals surface area contributed by atoms with Gasteiger partial charge in [-0.3, -0.25) is 0 Å². The van der Waals surface area contributed by atoms with Crippen LogP contribution in [0.5, 0.6) is 0 Å². The fraction of sp³-hybridized carbons (Fsp3) is 0.600. The SMILES string of the molecule is CCNC(C)c1ccc(SCC2CCC2)cc1. The van der Waals surface area contributed by atoms with Crippen LogP contribution in [0.25, 0.3) is 0 Å². The van der Waals surface area contributed by atoms with E-state index in [0.717, 1.165) is 12.5 Å². The van der Waals surface area contributed by atoms with E-state index in [1.165, 1.54) is 35.5 Å². The molecule has 17 heavy (non-hydrogen) atoms. The molecule has 1 aromatic rings. The number of nitrogens with one attached hydrogen (secondary N) is 1. The monoisotopic (exact) mass is 249 g/mol. The van der Waals surface area contributed by atoms with Crippen molar-refractivity contribution in [2.24, 2.45) is 5.92 Å². The number of hydrogen-bond acceptors (Lipinski definition) is 2. The molecule has 94 valence electrons. The molecule has 1 aliphatic rings. The molecule has 1 fully saturated rings. The Hall–Kier alpha value is -0.470. The van der Waals surface area contributed by atoms with Crippen LogP contribution in [0, 0.1) is 5.92 Å². The van der Waals surface area contributed by atoms with Crippen LogP contribution in [0.1, 0.15) is 44.7 Å². The van der Waals surface area contributed by atoms with Crippen molar-refractivity contribution in [2.75, 3.05) is 12.3 Å². The standard InChI is InChI=1S/C15H23NS/c1-3-16-12(2)14-7-9-15(10-8-14)17-11-13-5-4-6-13/h7-10,12-13,16H,3-6,11H2,1-2H3. The van der Waals surface area contributed by atoms with Crippen LogP contribution in [-0.2, 0) is 0 Å². The molecule has 1 nitrogen and oxygen atoms in total. The van der Waals surface area contributed by atoms with E-state index in [9.17, 15) is 0 Å². The molecular weight excluding hydrogens is 226 g/mol. The van der Waals surface area contributed by atoms with E-state index in [2.05, 4.69) is 43.4 Å². The van der Waals surface area contributed by atoms with Crippen molar-refractivity contribution in [1.82, 2.24) is 5.32 Å². The van der Waals surface area contributed by atoms with E-state index in [-0.39, 0.29) is 0 Å². The highest BCUT2D eigenvalue weighted by atomic mass is 32.2. The summed E-state index contributed by atoms with van der Waals surface area (Å²) in [5.74, 6) is 2.29. The second-order valence-corrected chi connectivity index (χ2v) is 6.05. The first kappa shape index (κ1) is 13.0. The maximum atomic E-state index is 3.44. The summed E-state index contributed by atoms with van der Waals surface area (Å²) < 4.78 is 0. The van der Waals surface area contributed by atoms with E-state index < -0.39 is 0 Å². The van der Waals surface area contributed by atoms with E-state index in [0.29, 0.717) is 6.04 Å². The molecule has 0 aromatic heterocycles. The molecule has 0 amide bonds. The zero-order valence-electron chi connectivity index (χ0n) is 10.9. The number of hydrogen-bond donors (Lipinski definition) is 1. The van der Waals surface area contributed by atoms with Crippen molar-refractivity contribution in [3.63, 3.8) is 0 Å². The second-order valence-electron chi connectivity index (χ2n) is 4.96. The van der Waals surface area contributed by atoms with Crippen LogP contribution >= 0.6 is 11.8 Å². The normalized spacial score (nSPS) is 17.8. The molecule has 1 aromatic carbocycles. The molecule has 1 saturated carbocycles. The topological polar surface area (TPSA) is 12.0 Å². The molecule has 0 heterocycles. The summed E-state index contributed by atoms with van der Waals surface area (Å²) in [5, 5.41) is 3.44. The molecule has 1 N–H and O–H groups in total. The van der Waals surface area contributed by atoms with Crippen LogP contribution in [0.3, 0.4) is 0 Å². The number of benzene rings is 1. The third-order valence-electron chi connectivity index (χ3n) is 3.60. The second kappa shape index (κ2) is 6.46. The average Bonchev–Trinajstić information content (AvgIpc) is 2.28. The maximum Gasteiger partial charge on any atom is 0.0291 e. The van der Waals surface area contributed by atoms with Gasteiger partial charge in [-0.2, -0.15) is 0 Å². The Morgan fingerprint density at radius 1 is 1.29 bits per heavy atom. The van der Waals surface area contributed by atoms with Gasteiger partial charge in [0, 0.05) is 16.7 Å². The summed E-state index contributed by atoms with van der Waals surface area (Å²) in [7, 11) is 0. The van der Waals surface area contributed by atoms with Crippen molar-refractivity contribution in [3.8, 4) is 0 Å². The molecule has 0 radical (unpaired) electrons. The smallest absolute Gasteiger partial charge is 0.0291 e.